The lowest BCUT2D eigenvalue weighted by atomic mass is 9.83. The molecule has 1 rings (SSSR count). The Kier molecular flexibility index (Phi) is 5.33. The van der Waals surface area contributed by atoms with E-state index in [1.54, 1.807) is 6.21 Å². The summed E-state index contributed by atoms with van der Waals surface area (Å²) in [6.45, 7) is 14.0. The number of aliphatic imine (C=N–C) groups is 1. The van der Waals surface area contributed by atoms with E-state index in [2.05, 4.69) is 42.3 Å². The largest absolute Gasteiger partial charge is 0.309 e. The van der Waals surface area contributed by atoms with E-state index >= 15 is 0 Å². The Morgan fingerprint density at radius 3 is 2.32 bits per heavy atom. The first-order valence-corrected chi connectivity index (χ1v) is 6.60. The van der Waals surface area contributed by atoms with Crippen molar-refractivity contribution in [3.8, 4) is 0 Å². The van der Waals surface area contributed by atoms with Crippen molar-refractivity contribution >= 4 is 18.0 Å². The SMILES string of the molecule is C=Cc1nc(F)nc(C(C)C(C)C(C)C)c1/N=C\C. The van der Waals surface area contributed by atoms with E-state index in [-0.39, 0.29) is 5.92 Å². The summed E-state index contributed by atoms with van der Waals surface area (Å²) in [7, 11) is 0. The molecule has 0 spiro atoms. The Balaban J connectivity index is 3.39. The van der Waals surface area contributed by atoms with Crippen LogP contribution in [0.15, 0.2) is 11.6 Å². The topological polar surface area (TPSA) is 38.1 Å². The first-order valence-electron chi connectivity index (χ1n) is 6.60. The predicted molar refractivity (Wildman–Crippen MR) is 78.3 cm³/mol. The van der Waals surface area contributed by atoms with E-state index in [4.69, 9.17) is 0 Å². The van der Waals surface area contributed by atoms with Gasteiger partial charge < -0.3 is 0 Å². The van der Waals surface area contributed by atoms with Gasteiger partial charge in [-0.15, -0.1) is 0 Å². The van der Waals surface area contributed by atoms with Gasteiger partial charge >= 0.3 is 6.08 Å². The molecule has 0 aliphatic heterocycles. The fourth-order valence-electron chi connectivity index (χ4n) is 2.01. The van der Waals surface area contributed by atoms with Gasteiger partial charge in [-0.25, -0.2) is 9.97 Å². The Labute approximate surface area is 114 Å². The van der Waals surface area contributed by atoms with Gasteiger partial charge in [-0.2, -0.15) is 4.39 Å². The summed E-state index contributed by atoms with van der Waals surface area (Å²) in [4.78, 5) is 12.0. The summed E-state index contributed by atoms with van der Waals surface area (Å²) < 4.78 is 13.5. The van der Waals surface area contributed by atoms with Crippen LogP contribution in [0.25, 0.3) is 6.08 Å². The molecule has 2 unspecified atom stereocenters. The van der Waals surface area contributed by atoms with E-state index in [0.717, 1.165) is 0 Å². The third kappa shape index (κ3) is 3.46. The van der Waals surface area contributed by atoms with E-state index in [1.807, 2.05) is 13.8 Å². The number of halogens is 1. The van der Waals surface area contributed by atoms with Crippen molar-refractivity contribution in [3.63, 3.8) is 0 Å². The van der Waals surface area contributed by atoms with Crippen LogP contribution in [0.3, 0.4) is 0 Å². The van der Waals surface area contributed by atoms with Crippen molar-refractivity contribution in [1.82, 2.24) is 9.97 Å². The molecule has 0 aromatic carbocycles. The molecule has 0 radical (unpaired) electrons. The second-order valence-corrected chi connectivity index (χ2v) is 5.09. The summed E-state index contributed by atoms with van der Waals surface area (Å²) in [6, 6.07) is 0. The molecule has 104 valence electrons. The highest BCUT2D eigenvalue weighted by Gasteiger charge is 2.24. The third-order valence-electron chi connectivity index (χ3n) is 3.63. The van der Waals surface area contributed by atoms with Gasteiger partial charge in [0.2, 0.25) is 0 Å². The molecule has 0 aliphatic carbocycles. The Morgan fingerprint density at radius 1 is 1.21 bits per heavy atom. The van der Waals surface area contributed by atoms with Crippen molar-refractivity contribution in [2.45, 2.75) is 40.5 Å². The second kappa shape index (κ2) is 6.55. The molecule has 0 aliphatic rings. The van der Waals surface area contributed by atoms with Gasteiger partial charge in [-0.3, -0.25) is 4.99 Å². The number of rotatable bonds is 5. The van der Waals surface area contributed by atoms with E-state index in [9.17, 15) is 4.39 Å². The van der Waals surface area contributed by atoms with Gasteiger partial charge in [0, 0.05) is 12.1 Å². The summed E-state index contributed by atoms with van der Waals surface area (Å²) in [5, 5.41) is 0. The van der Waals surface area contributed by atoms with Gasteiger partial charge in [-0.05, 0) is 24.8 Å². The lowest BCUT2D eigenvalue weighted by Gasteiger charge is -2.24. The maximum Gasteiger partial charge on any atom is 0.309 e. The van der Waals surface area contributed by atoms with Crippen LogP contribution in [0.2, 0.25) is 0 Å². The molecule has 0 fully saturated rings. The Bertz CT molecular complexity index is 481. The molecule has 0 amide bonds. The minimum atomic E-state index is -0.720. The maximum atomic E-state index is 13.5. The molecule has 0 saturated heterocycles. The fraction of sp³-hybridized carbons (Fsp3) is 0.533. The van der Waals surface area contributed by atoms with Crippen LogP contribution in [0, 0.1) is 17.9 Å². The molecule has 19 heavy (non-hydrogen) atoms. The Hall–Kier alpha value is -1.58. The van der Waals surface area contributed by atoms with Crippen LogP contribution < -0.4 is 0 Å². The lowest BCUT2D eigenvalue weighted by Crippen LogP contribution is -2.15. The molecule has 0 bridgehead atoms. The van der Waals surface area contributed by atoms with E-state index in [1.165, 1.54) is 6.08 Å². The second-order valence-electron chi connectivity index (χ2n) is 5.09. The number of aromatic nitrogens is 2. The van der Waals surface area contributed by atoms with Gasteiger partial charge in [0.25, 0.3) is 0 Å². The minimum absolute atomic E-state index is 0.106. The number of hydrogen-bond acceptors (Lipinski definition) is 3. The lowest BCUT2D eigenvalue weighted by molar-refractivity contribution is 0.354. The minimum Gasteiger partial charge on any atom is -0.257 e. The van der Waals surface area contributed by atoms with E-state index < -0.39 is 6.08 Å². The average Bonchev–Trinajstić information content (AvgIpc) is 2.38. The molecule has 4 heteroatoms. The molecule has 1 aromatic rings. The van der Waals surface area contributed by atoms with E-state index in [0.29, 0.717) is 28.9 Å². The van der Waals surface area contributed by atoms with Gasteiger partial charge in [0.05, 0.1) is 11.4 Å². The molecule has 2 atom stereocenters. The molecule has 3 nitrogen and oxygen atoms in total. The molecule has 0 N–H and O–H groups in total. The predicted octanol–water partition coefficient (Wildman–Crippen LogP) is 4.38. The molecule has 1 aromatic heterocycles. The van der Waals surface area contributed by atoms with Crippen LogP contribution >= 0.6 is 0 Å². The zero-order chi connectivity index (χ0) is 14.6. The van der Waals surface area contributed by atoms with Crippen LogP contribution in [0.1, 0.15) is 51.9 Å². The standard InChI is InChI=1S/C15H22FN3/c1-7-12-14(17-8-2)13(19-15(16)18-12)11(6)10(5)9(3)4/h7-11H,1H2,2-6H3/b17-8-. The van der Waals surface area contributed by atoms with Crippen molar-refractivity contribution in [3.05, 3.63) is 24.0 Å². The zero-order valence-corrected chi connectivity index (χ0v) is 12.3. The van der Waals surface area contributed by atoms with Gasteiger partial charge in [-0.1, -0.05) is 34.3 Å². The number of nitrogens with zero attached hydrogens (tertiary/aromatic N) is 3. The summed E-state index contributed by atoms with van der Waals surface area (Å²) in [5.41, 5.74) is 1.73. The molecular weight excluding hydrogens is 241 g/mol. The van der Waals surface area contributed by atoms with Crippen LogP contribution in [-0.4, -0.2) is 16.2 Å². The third-order valence-corrected chi connectivity index (χ3v) is 3.63. The van der Waals surface area contributed by atoms with Crippen molar-refractivity contribution in [1.29, 1.82) is 0 Å². The first-order chi connectivity index (χ1) is 8.92. The highest BCUT2D eigenvalue weighted by atomic mass is 19.1. The quantitative estimate of drug-likeness (QED) is 0.584. The molecule has 0 saturated carbocycles. The van der Waals surface area contributed by atoms with Crippen LogP contribution in [0.5, 0.6) is 0 Å². The highest BCUT2D eigenvalue weighted by Crippen LogP contribution is 2.35. The molecular formula is C15H22FN3. The Morgan fingerprint density at radius 2 is 1.84 bits per heavy atom. The van der Waals surface area contributed by atoms with Crippen molar-refractivity contribution in [2.24, 2.45) is 16.8 Å². The fourth-order valence-corrected chi connectivity index (χ4v) is 2.01. The summed E-state index contributed by atoms with van der Waals surface area (Å²) in [5.74, 6) is 0.964. The maximum absolute atomic E-state index is 13.5. The monoisotopic (exact) mass is 263 g/mol. The smallest absolute Gasteiger partial charge is 0.257 e. The zero-order valence-electron chi connectivity index (χ0n) is 12.3. The normalized spacial score (nSPS) is 14.9. The van der Waals surface area contributed by atoms with Crippen molar-refractivity contribution < 1.29 is 4.39 Å². The first kappa shape index (κ1) is 15.5. The van der Waals surface area contributed by atoms with Crippen LogP contribution in [-0.2, 0) is 0 Å². The summed E-state index contributed by atoms with van der Waals surface area (Å²) >= 11 is 0. The summed E-state index contributed by atoms with van der Waals surface area (Å²) in [6.07, 6.45) is 2.46. The van der Waals surface area contributed by atoms with Crippen LogP contribution in [0.4, 0.5) is 10.1 Å². The van der Waals surface area contributed by atoms with Gasteiger partial charge in [0.15, 0.2) is 0 Å². The average molecular weight is 263 g/mol. The number of hydrogen-bond donors (Lipinski definition) is 0. The molecule has 1 heterocycles. The van der Waals surface area contributed by atoms with Gasteiger partial charge in [0.1, 0.15) is 5.69 Å². The van der Waals surface area contributed by atoms with Crippen molar-refractivity contribution in [2.75, 3.05) is 0 Å². The highest BCUT2D eigenvalue weighted by molar-refractivity contribution is 5.68.